The summed E-state index contributed by atoms with van der Waals surface area (Å²) in [5.41, 5.74) is 0.719. The average molecular weight is 288 g/mol. The first-order valence-corrected chi connectivity index (χ1v) is 7.46. The molecule has 0 aromatic heterocycles. The van der Waals surface area contributed by atoms with Gasteiger partial charge in [-0.05, 0) is 24.8 Å². The Hall–Kier alpha value is -1.88. The predicted molar refractivity (Wildman–Crippen MR) is 77.9 cm³/mol. The Bertz CT molecular complexity index is 532. The fourth-order valence-electron chi connectivity index (χ4n) is 3.48. The normalized spacial score (nSPS) is 28.3. The van der Waals surface area contributed by atoms with Crippen LogP contribution in [0.4, 0.5) is 0 Å². The Kier molecular flexibility index (Phi) is 3.92. The third kappa shape index (κ3) is 2.93. The molecular weight excluding hydrogens is 268 g/mol. The zero-order valence-corrected chi connectivity index (χ0v) is 11.8. The van der Waals surface area contributed by atoms with E-state index in [0.717, 1.165) is 24.8 Å². The smallest absolute Gasteiger partial charge is 0.312 e. The number of carbonyl (C=O) groups is 2. The lowest BCUT2D eigenvalue weighted by molar-refractivity contribution is -0.138. The van der Waals surface area contributed by atoms with Crippen molar-refractivity contribution in [1.29, 1.82) is 0 Å². The van der Waals surface area contributed by atoms with Gasteiger partial charge in [0.25, 0.3) is 0 Å². The van der Waals surface area contributed by atoms with Crippen LogP contribution in [0.15, 0.2) is 30.3 Å². The third-order valence-corrected chi connectivity index (χ3v) is 4.62. The first kappa shape index (κ1) is 14.1. The Balaban J connectivity index is 1.60. The van der Waals surface area contributed by atoms with Crippen molar-refractivity contribution in [3.8, 4) is 0 Å². The fraction of sp³-hybridized carbons (Fsp3) is 0.500. The van der Waals surface area contributed by atoms with Crippen molar-refractivity contribution in [2.45, 2.75) is 37.3 Å². The van der Waals surface area contributed by atoms with Gasteiger partial charge in [0.15, 0.2) is 0 Å². The second kappa shape index (κ2) is 5.85. The number of hydrogen-bond donors (Lipinski definition) is 3. The van der Waals surface area contributed by atoms with Crippen LogP contribution in [0.1, 0.15) is 30.7 Å². The number of carbonyl (C=O) groups excluding carboxylic acids is 1. The van der Waals surface area contributed by atoms with Crippen LogP contribution in [-0.4, -0.2) is 35.6 Å². The molecule has 3 rings (SSSR count). The van der Waals surface area contributed by atoms with Crippen molar-refractivity contribution in [2.24, 2.45) is 5.92 Å². The highest BCUT2D eigenvalue weighted by molar-refractivity contribution is 5.82. The van der Waals surface area contributed by atoms with Gasteiger partial charge in [-0.25, -0.2) is 0 Å². The summed E-state index contributed by atoms with van der Waals surface area (Å²) in [4.78, 5) is 23.6. The van der Waals surface area contributed by atoms with Gasteiger partial charge in [-0.1, -0.05) is 30.3 Å². The summed E-state index contributed by atoms with van der Waals surface area (Å²) in [6, 6.07) is 9.78. The highest BCUT2D eigenvalue weighted by Crippen LogP contribution is 2.33. The lowest BCUT2D eigenvalue weighted by Gasteiger charge is -2.21. The zero-order valence-electron chi connectivity index (χ0n) is 11.8. The quantitative estimate of drug-likeness (QED) is 0.758. The Morgan fingerprint density at radius 3 is 2.62 bits per heavy atom. The SMILES string of the molecule is O=C(O)C(CNC(=O)C1CC2CCC1N2)c1ccccc1. The van der Waals surface area contributed by atoms with Crippen molar-refractivity contribution in [3.05, 3.63) is 35.9 Å². The standard InChI is InChI=1S/C16H20N2O3/c19-15(12-8-11-6-7-14(12)18-11)17-9-13(16(20)21)10-4-2-1-3-5-10/h1-5,11-14,18H,6-9H2,(H,17,19)(H,20,21). The van der Waals surface area contributed by atoms with Crippen LogP contribution in [0.5, 0.6) is 0 Å². The van der Waals surface area contributed by atoms with Gasteiger partial charge in [0.2, 0.25) is 5.91 Å². The van der Waals surface area contributed by atoms with Crippen LogP contribution in [0, 0.1) is 5.92 Å². The number of benzene rings is 1. The van der Waals surface area contributed by atoms with Crippen LogP contribution in [0.3, 0.4) is 0 Å². The monoisotopic (exact) mass is 288 g/mol. The second-order valence-corrected chi connectivity index (χ2v) is 5.94. The molecule has 1 aromatic carbocycles. The van der Waals surface area contributed by atoms with Crippen molar-refractivity contribution < 1.29 is 14.7 Å². The summed E-state index contributed by atoms with van der Waals surface area (Å²) in [5.74, 6) is -1.62. The van der Waals surface area contributed by atoms with Crippen LogP contribution < -0.4 is 10.6 Å². The molecule has 0 spiro atoms. The van der Waals surface area contributed by atoms with Crippen molar-refractivity contribution in [3.63, 3.8) is 0 Å². The number of hydrogen-bond acceptors (Lipinski definition) is 3. The molecule has 2 saturated heterocycles. The van der Waals surface area contributed by atoms with Crippen LogP contribution in [0.2, 0.25) is 0 Å². The Morgan fingerprint density at radius 2 is 2.05 bits per heavy atom. The highest BCUT2D eigenvalue weighted by atomic mass is 16.4. The maximum absolute atomic E-state index is 12.2. The number of rotatable bonds is 5. The van der Waals surface area contributed by atoms with Gasteiger partial charge in [-0.3, -0.25) is 9.59 Å². The molecule has 2 aliphatic rings. The van der Waals surface area contributed by atoms with Gasteiger partial charge in [-0.15, -0.1) is 0 Å². The second-order valence-electron chi connectivity index (χ2n) is 5.94. The number of fused-ring (bicyclic) bond motifs is 2. The van der Waals surface area contributed by atoms with E-state index in [2.05, 4.69) is 10.6 Å². The number of carboxylic acids is 1. The largest absolute Gasteiger partial charge is 0.481 e. The van der Waals surface area contributed by atoms with E-state index in [0.29, 0.717) is 6.04 Å². The summed E-state index contributed by atoms with van der Waals surface area (Å²) in [6.45, 7) is 0.145. The van der Waals surface area contributed by atoms with E-state index in [1.165, 1.54) is 0 Å². The van der Waals surface area contributed by atoms with Gasteiger partial charge in [-0.2, -0.15) is 0 Å². The number of nitrogens with one attached hydrogen (secondary N) is 2. The lowest BCUT2D eigenvalue weighted by Crippen LogP contribution is -2.40. The first-order chi connectivity index (χ1) is 10.1. The van der Waals surface area contributed by atoms with Gasteiger partial charge in [0.1, 0.15) is 0 Å². The van der Waals surface area contributed by atoms with Crippen LogP contribution in [-0.2, 0) is 9.59 Å². The van der Waals surface area contributed by atoms with Crippen LogP contribution in [0.25, 0.3) is 0 Å². The lowest BCUT2D eigenvalue weighted by atomic mass is 9.88. The number of aliphatic carboxylic acids is 1. The topological polar surface area (TPSA) is 78.4 Å². The molecule has 2 fully saturated rings. The van der Waals surface area contributed by atoms with E-state index in [1.54, 1.807) is 12.1 Å². The summed E-state index contributed by atoms with van der Waals surface area (Å²) in [5, 5.41) is 15.6. The highest BCUT2D eigenvalue weighted by Gasteiger charge is 2.42. The minimum absolute atomic E-state index is 0.00558. The molecule has 5 nitrogen and oxygen atoms in total. The van der Waals surface area contributed by atoms with E-state index in [9.17, 15) is 14.7 Å². The van der Waals surface area contributed by atoms with Crippen molar-refractivity contribution >= 4 is 11.9 Å². The third-order valence-electron chi connectivity index (χ3n) is 4.62. The van der Waals surface area contributed by atoms with Gasteiger partial charge in [0, 0.05) is 18.6 Å². The molecule has 0 aliphatic carbocycles. The van der Waals surface area contributed by atoms with E-state index in [4.69, 9.17) is 0 Å². The van der Waals surface area contributed by atoms with Gasteiger partial charge >= 0.3 is 5.97 Å². The summed E-state index contributed by atoms with van der Waals surface area (Å²) in [7, 11) is 0. The maximum Gasteiger partial charge on any atom is 0.312 e. The summed E-state index contributed by atoms with van der Waals surface area (Å²) >= 11 is 0. The molecular formula is C16H20N2O3. The zero-order chi connectivity index (χ0) is 14.8. The fourth-order valence-corrected chi connectivity index (χ4v) is 3.48. The summed E-state index contributed by atoms with van der Waals surface area (Å²) < 4.78 is 0. The molecule has 5 heteroatoms. The molecule has 2 bridgehead atoms. The average Bonchev–Trinajstić information content (AvgIpc) is 3.11. The number of amides is 1. The minimum Gasteiger partial charge on any atom is -0.481 e. The molecule has 3 N–H and O–H groups in total. The molecule has 112 valence electrons. The first-order valence-electron chi connectivity index (χ1n) is 7.46. The molecule has 1 aromatic rings. The summed E-state index contributed by atoms with van der Waals surface area (Å²) in [6.07, 6.45) is 3.07. The Labute approximate surface area is 123 Å². The number of carboxylic acid groups (broad SMARTS) is 1. The van der Waals surface area contributed by atoms with E-state index in [-0.39, 0.29) is 24.4 Å². The van der Waals surface area contributed by atoms with Gasteiger partial charge < -0.3 is 15.7 Å². The predicted octanol–water partition coefficient (Wildman–Crippen LogP) is 1.11. The molecule has 2 aliphatic heterocycles. The molecule has 2 heterocycles. The Morgan fingerprint density at radius 1 is 1.29 bits per heavy atom. The van der Waals surface area contributed by atoms with E-state index in [1.807, 2.05) is 18.2 Å². The molecule has 21 heavy (non-hydrogen) atoms. The molecule has 1 amide bonds. The van der Waals surface area contributed by atoms with Crippen molar-refractivity contribution in [1.82, 2.24) is 10.6 Å². The van der Waals surface area contributed by atoms with E-state index < -0.39 is 11.9 Å². The van der Waals surface area contributed by atoms with Gasteiger partial charge in [0.05, 0.1) is 11.8 Å². The van der Waals surface area contributed by atoms with Crippen molar-refractivity contribution in [2.75, 3.05) is 6.54 Å². The molecule has 4 unspecified atom stereocenters. The molecule has 0 saturated carbocycles. The molecule has 4 atom stereocenters. The molecule has 0 radical (unpaired) electrons. The maximum atomic E-state index is 12.2. The van der Waals surface area contributed by atoms with Crippen LogP contribution >= 0.6 is 0 Å². The van der Waals surface area contributed by atoms with E-state index >= 15 is 0 Å². The minimum atomic E-state index is -0.910.